The fourth-order valence-electron chi connectivity index (χ4n) is 2.01. The number of carbonyl (C=O) groups is 4. The SMILES string of the molecule is O=C(O)c1cccc(C(=O)O)c1SSc1c(C(=O)O)cccc1C(=O)O. The molecule has 0 aliphatic heterocycles. The lowest BCUT2D eigenvalue weighted by molar-refractivity contribution is 0.0668. The van der Waals surface area contributed by atoms with Crippen molar-refractivity contribution in [2.24, 2.45) is 0 Å². The van der Waals surface area contributed by atoms with E-state index >= 15 is 0 Å². The summed E-state index contributed by atoms with van der Waals surface area (Å²) in [6.45, 7) is 0. The van der Waals surface area contributed by atoms with E-state index in [1.807, 2.05) is 0 Å². The van der Waals surface area contributed by atoms with Crippen LogP contribution in [0.1, 0.15) is 41.4 Å². The molecule has 0 bridgehead atoms. The summed E-state index contributed by atoms with van der Waals surface area (Å²) in [6.07, 6.45) is 0. The van der Waals surface area contributed by atoms with Gasteiger partial charge in [0, 0.05) is 9.79 Å². The number of carboxylic acid groups (broad SMARTS) is 4. The second-order valence-corrected chi connectivity index (χ2v) is 6.90. The summed E-state index contributed by atoms with van der Waals surface area (Å²) in [5.74, 6) is -5.44. The van der Waals surface area contributed by atoms with Crippen LogP contribution in [0.5, 0.6) is 0 Å². The molecule has 0 aliphatic rings. The van der Waals surface area contributed by atoms with Gasteiger partial charge in [0.15, 0.2) is 0 Å². The monoisotopic (exact) mass is 394 g/mol. The maximum Gasteiger partial charge on any atom is 0.336 e. The summed E-state index contributed by atoms with van der Waals surface area (Å²) < 4.78 is 0. The third-order valence-corrected chi connectivity index (χ3v) is 5.71. The minimum absolute atomic E-state index is 0.117. The number of aromatic carboxylic acids is 4. The van der Waals surface area contributed by atoms with Crippen LogP contribution in [0, 0.1) is 0 Å². The van der Waals surface area contributed by atoms with Crippen molar-refractivity contribution >= 4 is 45.5 Å². The molecule has 0 heterocycles. The van der Waals surface area contributed by atoms with E-state index in [2.05, 4.69) is 0 Å². The van der Waals surface area contributed by atoms with Crippen molar-refractivity contribution in [2.45, 2.75) is 9.79 Å². The summed E-state index contributed by atoms with van der Waals surface area (Å²) >= 11 is 0. The molecule has 0 fully saturated rings. The zero-order chi connectivity index (χ0) is 19.4. The van der Waals surface area contributed by atoms with Gasteiger partial charge in [-0.2, -0.15) is 0 Å². The molecule has 0 saturated heterocycles. The third kappa shape index (κ3) is 3.98. The van der Waals surface area contributed by atoms with Crippen LogP contribution in [0.3, 0.4) is 0 Å². The van der Waals surface area contributed by atoms with E-state index in [1.165, 1.54) is 36.4 Å². The van der Waals surface area contributed by atoms with Crippen LogP contribution in [0.2, 0.25) is 0 Å². The van der Waals surface area contributed by atoms with E-state index in [0.717, 1.165) is 0 Å². The fraction of sp³-hybridized carbons (Fsp3) is 0. The van der Waals surface area contributed by atoms with E-state index in [4.69, 9.17) is 0 Å². The van der Waals surface area contributed by atoms with Crippen molar-refractivity contribution in [1.29, 1.82) is 0 Å². The lowest BCUT2D eigenvalue weighted by Crippen LogP contribution is -2.07. The standard InChI is InChI=1S/C16H10O8S2/c17-13(18)7-3-1-4-8(14(19)20)11(7)25-26-12-9(15(21)22)5-2-6-10(12)16(23)24/h1-6H,(H,17,18)(H,19,20)(H,21,22)(H,23,24). The Morgan fingerprint density at radius 1 is 0.538 bits per heavy atom. The largest absolute Gasteiger partial charge is 0.478 e. The van der Waals surface area contributed by atoms with Gasteiger partial charge in [-0.25, -0.2) is 19.2 Å². The number of hydrogen-bond donors (Lipinski definition) is 4. The highest BCUT2D eigenvalue weighted by Gasteiger charge is 2.23. The Kier molecular flexibility index (Phi) is 5.90. The van der Waals surface area contributed by atoms with Crippen molar-refractivity contribution in [3.8, 4) is 0 Å². The first kappa shape index (κ1) is 19.3. The van der Waals surface area contributed by atoms with Gasteiger partial charge in [-0.1, -0.05) is 33.7 Å². The Bertz CT molecular complexity index is 782. The zero-order valence-electron chi connectivity index (χ0n) is 12.7. The van der Waals surface area contributed by atoms with Crippen molar-refractivity contribution in [3.05, 3.63) is 58.7 Å². The molecule has 0 saturated carbocycles. The predicted octanol–water partition coefficient (Wildman–Crippen LogP) is 3.28. The summed E-state index contributed by atoms with van der Waals surface area (Å²) in [4.78, 5) is 45.2. The Labute approximate surface area is 153 Å². The number of carboxylic acids is 4. The van der Waals surface area contributed by atoms with Gasteiger partial charge in [-0.3, -0.25) is 0 Å². The molecule has 2 rings (SSSR count). The van der Waals surface area contributed by atoms with Crippen LogP contribution < -0.4 is 0 Å². The van der Waals surface area contributed by atoms with E-state index < -0.39 is 23.9 Å². The molecule has 0 aromatic heterocycles. The molecule has 0 amide bonds. The topological polar surface area (TPSA) is 149 Å². The first-order chi connectivity index (χ1) is 12.2. The van der Waals surface area contributed by atoms with Crippen molar-refractivity contribution in [1.82, 2.24) is 0 Å². The first-order valence-corrected chi connectivity index (χ1v) is 8.92. The molecule has 0 aliphatic carbocycles. The van der Waals surface area contributed by atoms with Crippen molar-refractivity contribution < 1.29 is 39.6 Å². The maximum absolute atomic E-state index is 11.4. The molecule has 26 heavy (non-hydrogen) atoms. The summed E-state index contributed by atoms with van der Waals surface area (Å²) in [5, 5.41) is 37.0. The molecule has 2 aromatic rings. The molecule has 134 valence electrons. The Hall–Kier alpha value is -2.98. The highest BCUT2D eigenvalue weighted by molar-refractivity contribution is 8.76. The van der Waals surface area contributed by atoms with Gasteiger partial charge < -0.3 is 20.4 Å². The highest BCUT2D eigenvalue weighted by atomic mass is 33.1. The number of hydrogen-bond acceptors (Lipinski definition) is 6. The van der Waals surface area contributed by atoms with Gasteiger partial charge in [0.25, 0.3) is 0 Å². The van der Waals surface area contributed by atoms with Gasteiger partial charge in [-0.05, 0) is 24.3 Å². The minimum Gasteiger partial charge on any atom is -0.478 e. The smallest absolute Gasteiger partial charge is 0.336 e. The van der Waals surface area contributed by atoms with Crippen LogP contribution in [0.4, 0.5) is 0 Å². The molecule has 10 heteroatoms. The van der Waals surface area contributed by atoms with Crippen LogP contribution in [-0.2, 0) is 0 Å². The second-order valence-electron chi connectivity index (χ2n) is 4.75. The van der Waals surface area contributed by atoms with Gasteiger partial charge >= 0.3 is 23.9 Å². The minimum atomic E-state index is -1.36. The molecule has 8 nitrogen and oxygen atoms in total. The Morgan fingerprint density at radius 3 is 0.962 bits per heavy atom. The van der Waals surface area contributed by atoms with E-state index in [9.17, 15) is 39.6 Å². The lowest BCUT2D eigenvalue weighted by atomic mass is 10.1. The molecule has 0 spiro atoms. The van der Waals surface area contributed by atoms with Gasteiger partial charge in [0.05, 0.1) is 22.3 Å². The number of benzene rings is 2. The fourth-order valence-corrected chi connectivity index (χ4v) is 4.74. The average molecular weight is 394 g/mol. The third-order valence-electron chi connectivity index (χ3n) is 3.16. The van der Waals surface area contributed by atoms with Gasteiger partial charge in [0.2, 0.25) is 0 Å². The highest BCUT2D eigenvalue weighted by Crippen LogP contribution is 2.43. The first-order valence-electron chi connectivity index (χ1n) is 6.77. The van der Waals surface area contributed by atoms with Crippen molar-refractivity contribution in [2.75, 3.05) is 0 Å². The second kappa shape index (κ2) is 7.93. The maximum atomic E-state index is 11.4. The van der Waals surface area contributed by atoms with Crippen LogP contribution in [0.15, 0.2) is 46.2 Å². The van der Waals surface area contributed by atoms with Gasteiger partial charge in [0.1, 0.15) is 0 Å². The van der Waals surface area contributed by atoms with Gasteiger partial charge in [-0.15, -0.1) is 0 Å². The molecule has 4 N–H and O–H groups in total. The lowest BCUT2D eigenvalue weighted by Gasteiger charge is -2.12. The van der Waals surface area contributed by atoms with E-state index in [-0.39, 0.29) is 32.0 Å². The Morgan fingerprint density at radius 2 is 0.769 bits per heavy atom. The quantitative estimate of drug-likeness (QED) is 0.515. The summed E-state index contributed by atoms with van der Waals surface area (Å²) in [5.41, 5.74) is -1.14. The molecule has 0 unspecified atom stereocenters. The Balaban J connectivity index is 2.53. The van der Waals surface area contributed by atoms with Crippen LogP contribution in [0.25, 0.3) is 0 Å². The molecular weight excluding hydrogens is 384 g/mol. The molecule has 2 aromatic carbocycles. The predicted molar refractivity (Wildman–Crippen MR) is 92.4 cm³/mol. The summed E-state index contributed by atoms with van der Waals surface area (Å²) in [7, 11) is 1.35. The molecule has 0 radical (unpaired) electrons. The average Bonchev–Trinajstić information content (AvgIpc) is 2.58. The summed E-state index contributed by atoms with van der Waals surface area (Å²) in [6, 6.07) is 7.38. The van der Waals surface area contributed by atoms with E-state index in [1.54, 1.807) is 0 Å². The number of rotatable bonds is 7. The van der Waals surface area contributed by atoms with Crippen LogP contribution >= 0.6 is 21.6 Å². The van der Waals surface area contributed by atoms with Crippen molar-refractivity contribution in [3.63, 3.8) is 0 Å². The zero-order valence-corrected chi connectivity index (χ0v) is 14.3. The van der Waals surface area contributed by atoms with Crippen LogP contribution in [-0.4, -0.2) is 44.3 Å². The van der Waals surface area contributed by atoms with E-state index in [0.29, 0.717) is 21.6 Å². The molecular formula is C16H10O8S2. The molecule has 0 atom stereocenters. The normalized spacial score (nSPS) is 10.3.